The summed E-state index contributed by atoms with van der Waals surface area (Å²) >= 11 is 0. The molecule has 0 fully saturated rings. The summed E-state index contributed by atoms with van der Waals surface area (Å²) in [6.45, 7) is 0.322. The molecule has 0 bridgehead atoms. The van der Waals surface area contributed by atoms with Gasteiger partial charge in [-0.25, -0.2) is 10.5 Å². The van der Waals surface area contributed by atoms with Gasteiger partial charge in [0.1, 0.15) is 6.61 Å². The lowest BCUT2D eigenvalue weighted by atomic mass is 10.5. The van der Waals surface area contributed by atoms with Gasteiger partial charge < -0.3 is 4.74 Å². The molecule has 0 spiro atoms. The SMILES string of the molecule is C#CCCOc1nc(NN)nc(-n2cccn2)n1. The van der Waals surface area contributed by atoms with E-state index in [1.807, 2.05) is 0 Å². The van der Waals surface area contributed by atoms with Gasteiger partial charge in [-0.05, 0) is 6.07 Å². The first-order valence-corrected chi connectivity index (χ1v) is 5.12. The summed E-state index contributed by atoms with van der Waals surface area (Å²) in [5, 5.41) is 4.01. The molecular formula is C10H11N7O. The Balaban J connectivity index is 2.25. The topological polar surface area (TPSA) is 104 Å². The van der Waals surface area contributed by atoms with Crippen LogP contribution in [0.2, 0.25) is 0 Å². The van der Waals surface area contributed by atoms with E-state index in [1.54, 1.807) is 18.5 Å². The molecule has 3 N–H and O–H groups in total. The zero-order valence-electron chi connectivity index (χ0n) is 9.45. The number of terminal acetylenes is 1. The molecule has 0 radical (unpaired) electrons. The van der Waals surface area contributed by atoms with Gasteiger partial charge in [0.25, 0.3) is 5.95 Å². The second kappa shape index (κ2) is 5.60. The lowest BCUT2D eigenvalue weighted by Crippen LogP contribution is -2.15. The quantitative estimate of drug-likeness (QED) is 0.324. The summed E-state index contributed by atoms with van der Waals surface area (Å²) in [6.07, 6.45) is 8.90. The van der Waals surface area contributed by atoms with Crippen molar-refractivity contribution in [3.05, 3.63) is 18.5 Å². The minimum absolute atomic E-state index is 0.138. The highest BCUT2D eigenvalue weighted by molar-refractivity contribution is 5.28. The van der Waals surface area contributed by atoms with Crippen LogP contribution in [0.15, 0.2) is 18.5 Å². The minimum Gasteiger partial charge on any atom is -0.462 e. The molecule has 0 unspecified atom stereocenters. The first kappa shape index (κ1) is 11.8. The normalized spacial score (nSPS) is 9.78. The van der Waals surface area contributed by atoms with Gasteiger partial charge in [-0.1, -0.05) is 0 Å². The Morgan fingerprint density at radius 1 is 1.44 bits per heavy atom. The van der Waals surface area contributed by atoms with Crippen LogP contribution in [0.1, 0.15) is 6.42 Å². The third kappa shape index (κ3) is 2.72. The third-order valence-electron chi connectivity index (χ3n) is 1.92. The molecule has 8 heteroatoms. The molecule has 92 valence electrons. The average molecular weight is 245 g/mol. The van der Waals surface area contributed by atoms with Gasteiger partial charge in [-0.15, -0.1) is 12.3 Å². The van der Waals surface area contributed by atoms with E-state index in [1.165, 1.54) is 4.68 Å². The Morgan fingerprint density at radius 2 is 2.33 bits per heavy atom. The smallest absolute Gasteiger partial charge is 0.323 e. The summed E-state index contributed by atoms with van der Waals surface area (Å²) in [4.78, 5) is 12.1. The molecule has 2 rings (SSSR count). The molecule has 18 heavy (non-hydrogen) atoms. The highest BCUT2D eigenvalue weighted by atomic mass is 16.5. The molecule has 2 heterocycles. The summed E-state index contributed by atoms with van der Waals surface area (Å²) in [7, 11) is 0. The van der Waals surface area contributed by atoms with Crippen molar-refractivity contribution in [2.24, 2.45) is 5.84 Å². The lowest BCUT2D eigenvalue weighted by Gasteiger charge is -2.06. The number of nitrogens with zero attached hydrogens (tertiary/aromatic N) is 5. The second-order valence-electron chi connectivity index (χ2n) is 3.14. The van der Waals surface area contributed by atoms with Crippen LogP contribution in [-0.4, -0.2) is 31.3 Å². The number of rotatable bonds is 5. The van der Waals surface area contributed by atoms with Crippen molar-refractivity contribution in [3.8, 4) is 24.3 Å². The largest absolute Gasteiger partial charge is 0.462 e. The maximum atomic E-state index is 5.29. The van der Waals surface area contributed by atoms with Crippen LogP contribution in [0.5, 0.6) is 6.01 Å². The molecule has 0 aliphatic rings. The van der Waals surface area contributed by atoms with Crippen molar-refractivity contribution in [3.63, 3.8) is 0 Å². The van der Waals surface area contributed by atoms with E-state index in [2.05, 4.69) is 31.4 Å². The van der Waals surface area contributed by atoms with E-state index in [9.17, 15) is 0 Å². The van der Waals surface area contributed by atoms with Crippen molar-refractivity contribution in [2.75, 3.05) is 12.0 Å². The zero-order chi connectivity index (χ0) is 12.8. The molecule has 0 saturated heterocycles. The van der Waals surface area contributed by atoms with Gasteiger partial charge in [0.2, 0.25) is 5.95 Å². The lowest BCUT2D eigenvalue weighted by molar-refractivity contribution is 0.299. The minimum atomic E-state index is 0.138. The Morgan fingerprint density at radius 3 is 3.00 bits per heavy atom. The number of ether oxygens (including phenoxy) is 1. The van der Waals surface area contributed by atoms with Crippen LogP contribution in [0.3, 0.4) is 0 Å². The first-order chi connectivity index (χ1) is 8.83. The Hall–Kier alpha value is -2.66. The Labute approximate surface area is 103 Å². The molecule has 0 aromatic carbocycles. The second-order valence-corrected chi connectivity index (χ2v) is 3.14. The van der Waals surface area contributed by atoms with Gasteiger partial charge in [-0.3, -0.25) is 5.43 Å². The Kier molecular flexibility index (Phi) is 3.68. The monoisotopic (exact) mass is 245 g/mol. The zero-order valence-corrected chi connectivity index (χ0v) is 9.45. The van der Waals surface area contributed by atoms with E-state index in [0.29, 0.717) is 19.0 Å². The van der Waals surface area contributed by atoms with Crippen molar-refractivity contribution < 1.29 is 4.74 Å². The fourth-order valence-electron chi connectivity index (χ4n) is 1.17. The van der Waals surface area contributed by atoms with Gasteiger partial charge in [0.15, 0.2) is 0 Å². The summed E-state index contributed by atoms with van der Waals surface area (Å²) < 4.78 is 6.76. The van der Waals surface area contributed by atoms with Crippen molar-refractivity contribution in [2.45, 2.75) is 6.42 Å². The molecule has 0 saturated carbocycles. The van der Waals surface area contributed by atoms with Crippen molar-refractivity contribution in [1.29, 1.82) is 0 Å². The summed E-state index contributed by atoms with van der Waals surface area (Å²) in [5.41, 5.74) is 2.34. The predicted octanol–water partition coefficient (Wildman–Crippen LogP) is -0.255. The van der Waals surface area contributed by atoms with Gasteiger partial charge in [0.05, 0.1) is 0 Å². The summed E-state index contributed by atoms with van der Waals surface area (Å²) in [5.74, 6) is 8.22. The van der Waals surface area contributed by atoms with Gasteiger partial charge in [-0.2, -0.15) is 20.1 Å². The molecule has 0 amide bonds. The van der Waals surface area contributed by atoms with Crippen molar-refractivity contribution in [1.82, 2.24) is 24.7 Å². The van der Waals surface area contributed by atoms with E-state index in [4.69, 9.17) is 17.0 Å². The standard InChI is InChI=1S/C10H11N7O/c1-2-3-7-18-10-14-8(16-11)13-9(15-10)17-6-4-5-12-17/h1,4-6H,3,7,11H2,(H,13,14,15,16). The van der Waals surface area contributed by atoms with Gasteiger partial charge >= 0.3 is 6.01 Å². The number of nitrogens with two attached hydrogens (primary N) is 1. The predicted molar refractivity (Wildman–Crippen MR) is 63.7 cm³/mol. The highest BCUT2D eigenvalue weighted by Crippen LogP contribution is 2.09. The van der Waals surface area contributed by atoms with E-state index in [0.717, 1.165) is 0 Å². The molecular weight excluding hydrogens is 234 g/mol. The highest BCUT2D eigenvalue weighted by Gasteiger charge is 2.08. The van der Waals surface area contributed by atoms with Crippen LogP contribution < -0.4 is 16.0 Å². The van der Waals surface area contributed by atoms with E-state index in [-0.39, 0.29) is 12.0 Å². The average Bonchev–Trinajstić information content (AvgIpc) is 2.92. The number of aromatic nitrogens is 5. The molecule has 8 nitrogen and oxygen atoms in total. The number of nitrogens with one attached hydrogen (secondary N) is 1. The summed E-state index contributed by atoms with van der Waals surface area (Å²) in [6, 6.07) is 1.89. The van der Waals surface area contributed by atoms with Crippen LogP contribution in [0, 0.1) is 12.3 Å². The number of hydrogen-bond acceptors (Lipinski definition) is 7. The number of anilines is 1. The van der Waals surface area contributed by atoms with E-state index < -0.39 is 0 Å². The van der Waals surface area contributed by atoms with E-state index >= 15 is 0 Å². The van der Waals surface area contributed by atoms with Gasteiger partial charge in [0, 0.05) is 18.8 Å². The van der Waals surface area contributed by atoms with Crippen LogP contribution in [0.25, 0.3) is 5.95 Å². The van der Waals surface area contributed by atoms with Crippen LogP contribution in [-0.2, 0) is 0 Å². The number of hydrogen-bond donors (Lipinski definition) is 2. The third-order valence-corrected chi connectivity index (χ3v) is 1.92. The Bertz CT molecular complexity index is 546. The first-order valence-electron chi connectivity index (χ1n) is 5.12. The molecule has 0 atom stereocenters. The molecule has 0 aliphatic carbocycles. The molecule has 2 aromatic heterocycles. The number of nitrogen functional groups attached to an aromatic ring is 1. The molecule has 0 aliphatic heterocycles. The number of hydrazine groups is 1. The fraction of sp³-hybridized carbons (Fsp3) is 0.200. The fourth-order valence-corrected chi connectivity index (χ4v) is 1.17. The maximum Gasteiger partial charge on any atom is 0.323 e. The van der Waals surface area contributed by atoms with Crippen LogP contribution >= 0.6 is 0 Å². The van der Waals surface area contributed by atoms with Crippen molar-refractivity contribution >= 4 is 5.95 Å². The maximum absolute atomic E-state index is 5.29. The van der Waals surface area contributed by atoms with Crippen LogP contribution in [0.4, 0.5) is 5.95 Å². The molecule has 2 aromatic rings.